The van der Waals surface area contributed by atoms with Gasteiger partial charge in [0.25, 0.3) is 0 Å². The number of halogens is 2. The minimum Gasteiger partial charge on any atom is -0.469 e. The molecule has 2 atom stereocenters. The molecule has 1 heterocycles. The Labute approximate surface area is 152 Å². The Kier molecular flexibility index (Phi) is 7.17. The van der Waals surface area contributed by atoms with Gasteiger partial charge in [0.2, 0.25) is 0 Å². The van der Waals surface area contributed by atoms with E-state index in [0.717, 1.165) is 5.56 Å². The molecular formula is C18H25F2N3O3. The standard InChI is InChI=1S/C18H25F2N3O3/c1-4-21-18(23-10-12(2)15(11-23)16(24)25-3)22-9-13-6-5-7-14(8-13)26-17(19)20/h5-8,12,15,17H,4,9-11H2,1-3H3,(H,21,22). The van der Waals surface area contributed by atoms with Gasteiger partial charge in [0.05, 0.1) is 19.6 Å². The highest BCUT2D eigenvalue weighted by atomic mass is 19.3. The van der Waals surface area contributed by atoms with Gasteiger partial charge in [0.15, 0.2) is 5.96 Å². The maximum Gasteiger partial charge on any atom is 0.387 e. The minimum atomic E-state index is -2.85. The number of esters is 1. The van der Waals surface area contributed by atoms with Crippen molar-refractivity contribution in [3.05, 3.63) is 29.8 Å². The zero-order valence-electron chi connectivity index (χ0n) is 15.2. The topological polar surface area (TPSA) is 63.2 Å². The van der Waals surface area contributed by atoms with E-state index in [0.29, 0.717) is 32.1 Å². The normalized spacial score (nSPS) is 20.4. The fourth-order valence-electron chi connectivity index (χ4n) is 3.01. The molecule has 0 aromatic heterocycles. The first kappa shape index (κ1) is 19.9. The number of nitrogens with zero attached hydrogens (tertiary/aromatic N) is 2. The first-order chi connectivity index (χ1) is 12.4. The van der Waals surface area contributed by atoms with Crippen molar-refractivity contribution >= 4 is 11.9 Å². The zero-order valence-corrected chi connectivity index (χ0v) is 15.2. The van der Waals surface area contributed by atoms with Gasteiger partial charge in [-0.25, -0.2) is 4.99 Å². The highest BCUT2D eigenvalue weighted by molar-refractivity contribution is 5.82. The molecular weight excluding hydrogens is 344 g/mol. The second-order valence-corrected chi connectivity index (χ2v) is 6.21. The Morgan fingerprint density at radius 1 is 1.42 bits per heavy atom. The lowest BCUT2D eigenvalue weighted by Gasteiger charge is -2.21. The summed E-state index contributed by atoms with van der Waals surface area (Å²) in [5, 5.41) is 3.21. The summed E-state index contributed by atoms with van der Waals surface area (Å²) in [4.78, 5) is 18.5. The largest absolute Gasteiger partial charge is 0.469 e. The van der Waals surface area contributed by atoms with Crippen LogP contribution in [0.25, 0.3) is 0 Å². The van der Waals surface area contributed by atoms with E-state index in [1.54, 1.807) is 18.2 Å². The number of rotatable bonds is 6. The Balaban J connectivity index is 2.09. The van der Waals surface area contributed by atoms with Gasteiger partial charge in [-0.2, -0.15) is 8.78 Å². The molecule has 1 aromatic carbocycles. The van der Waals surface area contributed by atoms with Crippen molar-refractivity contribution in [2.75, 3.05) is 26.7 Å². The fourth-order valence-corrected chi connectivity index (χ4v) is 3.01. The van der Waals surface area contributed by atoms with Crippen molar-refractivity contribution in [2.24, 2.45) is 16.8 Å². The summed E-state index contributed by atoms with van der Waals surface area (Å²) in [5.74, 6) is 0.553. The van der Waals surface area contributed by atoms with E-state index in [9.17, 15) is 13.6 Å². The Hall–Kier alpha value is -2.38. The molecule has 144 valence electrons. The van der Waals surface area contributed by atoms with Crippen LogP contribution in [-0.2, 0) is 16.1 Å². The number of methoxy groups -OCH3 is 1. The molecule has 1 saturated heterocycles. The lowest BCUT2D eigenvalue weighted by atomic mass is 9.99. The number of carbonyl (C=O) groups is 1. The number of alkyl halides is 2. The van der Waals surface area contributed by atoms with Crippen LogP contribution in [0.3, 0.4) is 0 Å². The molecule has 1 N–H and O–H groups in total. The molecule has 0 spiro atoms. The van der Waals surface area contributed by atoms with Gasteiger partial charge in [0.1, 0.15) is 5.75 Å². The van der Waals surface area contributed by atoms with Crippen LogP contribution in [0.5, 0.6) is 5.75 Å². The summed E-state index contributed by atoms with van der Waals surface area (Å²) < 4.78 is 34.0. The number of carbonyl (C=O) groups excluding carboxylic acids is 1. The average Bonchev–Trinajstić information content (AvgIpc) is 2.99. The Bertz CT molecular complexity index is 640. The zero-order chi connectivity index (χ0) is 19.1. The van der Waals surface area contributed by atoms with Crippen molar-refractivity contribution in [1.82, 2.24) is 10.2 Å². The van der Waals surface area contributed by atoms with Crippen molar-refractivity contribution in [1.29, 1.82) is 0 Å². The summed E-state index contributed by atoms with van der Waals surface area (Å²) in [6.45, 7) is 3.35. The van der Waals surface area contributed by atoms with Crippen LogP contribution in [0.2, 0.25) is 0 Å². The molecule has 2 unspecified atom stereocenters. The molecule has 0 amide bonds. The van der Waals surface area contributed by atoms with Gasteiger partial charge in [-0.15, -0.1) is 0 Å². The number of hydrogen-bond acceptors (Lipinski definition) is 4. The first-order valence-electron chi connectivity index (χ1n) is 8.59. The molecule has 26 heavy (non-hydrogen) atoms. The van der Waals surface area contributed by atoms with E-state index in [1.165, 1.54) is 13.2 Å². The third kappa shape index (κ3) is 5.31. The second-order valence-electron chi connectivity index (χ2n) is 6.21. The Morgan fingerprint density at radius 2 is 2.19 bits per heavy atom. The molecule has 1 fully saturated rings. The van der Waals surface area contributed by atoms with Gasteiger partial charge in [0, 0.05) is 19.6 Å². The minimum absolute atomic E-state index is 0.109. The SMILES string of the molecule is CCNC(=NCc1cccc(OC(F)F)c1)N1CC(C)C(C(=O)OC)C1. The Morgan fingerprint density at radius 3 is 2.85 bits per heavy atom. The maximum atomic E-state index is 12.3. The molecule has 6 nitrogen and oxygen atoms in total. The average molecular weight is 369 g/mol. The van der Waals surface area contributed by atoms with E-state index in [2.05, 4.69) is 15.0 Å². The maximum absolute atomic E-state index is 12.3. The van der Waals surface area contributed by atoms with Crippen LogP contribution < -0.4 is 10.1 Å². The van der Waals surface area contributed by atoms with E-state index in [4.69, 9.17) is 4.74 Å². The van der Waals surface area contributed by atoms with Crippen molar-refractivity contribution in [2.45, 2.75) is 27.0 Å². The number of guanidine groups is 1. The third-order valence-corrected chi connectivity index (χ3v) is 4.29. The van der Waals surface area contributed by atoms with Crippen molar-refractivity contribution in [3.8, 4) is 5.75 Å². The molecule has 0 bridgehead atoms. The number of likely N-dealkylation sites (tertiary alicyclic amines) is 1. The summed E-state index contributed by atoms with van der Waals surface area (Å²) in [6.07, 6.45) is 0. The molecule has 2 rings (SSSR count). The lowest BCUT2D eigenvalue weighted by molar-refractivity contribution is -0.146. The molecule has 0 saturated carbocycles. The van der Waals surface area contributed by atoms with Crippen LogP contribution in [0.1, 0.15) is 19.4 Å². The molecule has 8 heteroatoms. The van der Waals surface area contributed by atoms with Crippen LogP contribution in [0, 0.1) is 11.8 Å². The van der Waals surface area contributed by atoms with E-state index < -0.39 is 6.61 Å². The van der Waals surface area contributed by atoms with Gasteiger partial charge in [-0.3, -0.25) is 4.79 Å². The summed E-state index contributed by atoms with van der Waals surface area (Å²) in [6, 6.07) is 6.48. The van der Waals surface area contributed by atoms with Crippen LogP contribution in [0.4, 0.5) is 8.78 Å². The molecule has 0 aliphatic carbocycles. The number of hydrogen-bond donors (Lipinski definition) is 1. The summed E-state index contributed by atoms with van der Waals surface area (Å²) in [5.41, 5.74) is 0.760. The second kappa shape index (κ2) is 9.35. The fraction of sp³-hybridized carbons (Fsp3) is 0.556. The predicted molar refractivity (Wildman–Crippen MR) is 94.1 cm³/mol. The number of aliphatic imine (C=N–C) groups is 1. The van der Waals surface area contributed by atoms with Gasteiger partial charge < -0.3 is 19.7 Å². The van der Waals surface area contributed by atoms with Gasteiger partial charge >= 0.3 is 12.6 Å². The van der Waals surface area contributed by atoms with E-state index >= 15 is 0 Å². The predicted octanol–water partition coefficient (Wildman–Crippen LogP) is 2.49. The first-order valence-corrected chi connectivity index (χ1v) is 8.59. The highest BCUT2D eigenvalue weighted by Gasteiger charge is 2.36. The quantitative estimate of drug-likeness (QED) is 0.474. The van der Waals surface area contributed by atoms with Crippen molar-refractivity contribution < 1.29 is 23.0 Å². The van der Waals surface area contributed by atoms with Crippen molar-refractivity contribution in [3.63, 3.8) is 0 Å². The van der Waals surface area contributed by atoms with Crippen LogP contribution >= 0.6 is 0 Å². The van der Waals surface area contributed by atoms with Gasteiger partial charge in [-0.05, 0) is 30.5 Å². The highest BCUT2D eigenvalue weighted by Crippen LogP contribution is 2.24. The smallest absolute Gasteiger partial charge is 0.387 e. The third-order valence-electron chi connectivity index (χ3n) is 4.29. The lowest BCUT2D eigenvalue weighted by Crippen LogP contribution is -2.40. The number of benzene rings is 1. The van der Waals surface area contributed by atoms with E-state index in [-0.39, 0.29) is 23.6 Å². The summed E-state index contributed by atoms with van der Waals surface area (Å²) in [7, 11) is 1.39. The molecule has 1 aliphatic rings. The van der Waals surface area contributed by atoms with Gasteiger partial charge in [-0.1, -0.05) is 19.1 Å². The molecule has 1 aliphatic heterocycles. The number of ether oxygens (including phenoxy) is 2. The monoisotopic (exact) mass is 369 g/mol. The van der Waals surface area contributed by atoms with E-state index in [1.807, 2.05) is 18.7 Å². The van der Waals surface area contributed by atoms with Crippen LogP contribution in [-0.4, -0.2) is 50.2 Å². The van der Waals surface area contributed by atoms with Crippen LogP contribution in [0.15, 0.2) is 29.3 Å². The summed E-state index contributed by atoms with van der Waals surface area (Å²) >= 11 is 0. The number of nitrogens with one attached hydrogen (secondary N) is 1. The molecule has 1 aromatic rings. The molecule has 0 radical (unpaired) electrons.